The SMILES string of the molecule is CCC(Br)COc1ccncc1. The van der Waals surface area contributed by atoms with Crippen LogP contribution in [0.3, 0.4) is 0 Å². The summed E-state index contributed by atoms with van der Waals surface area (Å²) in [7, 11) is 0. The van der Waals surface area contributed by atoms with E-state index in [9.17, 15) is 0 Å². The normalized spacial score (nSPS) is 12.5. The highest BCUT2D eigenvalue weighted by atomic mass is 79.9. The van der Waals surface area contributed by atoms with Gasteiger partial charge in [-0.3, -0.25) is 4.98 Å². The third-order valence-electron chi connectivity index (χ3n) is 1.52. The minimum Gasteiger partial charge on any atom is -0.492 e. The van der Waals surface area contributed by atoms with Crippen LogP contribution in [0.15, 0.2) is 24.5 Å². The molecule has 0 bridgehead atoms. The molecule has 66 valence electrons. The van der Waals surface area contributed by atoms with Crippen LogP contribution in [0.25, 0.3) is 0 Å². The van der Waals surface area contributed by atoms with Crippen molar-refractivity contribution in [3.63, 3.8) is 0 Å². The Hall–Kier alpha value is -0.570. The number of alkyl halides is 1. The molecule has 0 aliphatic heterocycles. The van der Waals surface area contributed by atoms with Gasteiger partial charge in [-0.1, -0.05) is 22.9 Å². The van der Waals surface area contributed by atoms with Crippen molar-refractivity contribution in [2.75, 3.05) is 6.61 Å². The Labute approximate surface area is 81.1 Å². The van der Waals surface area contributed by atoms with E-state index in [-0.39, 0.29) is 0 Å². The summed E-state index contributed by atoms with van der Waals surface area (Å²) in [5, 5.41) is 0. The molecule has 2 nitrogen and oxygen atoms in total. The lowest BCUT2D eigenvalue weighted by Gasteiger charge is -2.08. The van der Waals surface area contributed by atoms with E-state index < -0.39 is 0 Å². The highest BCUT2D eigenvalue weighted by molar-refractivity contribution is 9.09. The first-order chi connectivity index (χ1) is 5.83. The van der Waals surface area contributed by atoms with E-state index >= 15 is 0 Å². The molecule has 1 aromatic rings. The second-order valence-corrected chi connectivity index (χ2v) is 3.79. The maximum Gasteiger partial charge on any atom is 0.122 e. The monoisotopic (exact) mass is 229 g/mol. The molecule has 0 aliphatic rings. The van der Waals surface area contributed by atoms with Gasteiger partial charge in [0.15, 0.2) is 0 Å². The Morgan fingerprint density at radius 2 is 2.17 bits per heavy atom. The topological polar surface area (TPSA) is 22.1 Å². The van der Waals surface area contributed by atoms with Crippen LogP contribution >= 0.6 is 15.9 Å². The molecule has 1 unspecified atom stereocenters. The fourth-order valence-electron chi connectivity index (χ4n) is 0.739. The molecule has 1 atom stereocenters. The summed E-state index contributed by atoms with van der Waals surface area (Å²) in [6.07, 6.45) is 4.53. The molecule has 0 N–H and O–H groups in total. The van der Waals surface area contributed by atoms with Crippen LogP contribution in [0.2, 0.25) is 0 Å². The van der Waals surface area contributed by atoms with Gasteiger partial charge in [0.05, 0.1) is 0 Å². The van der Waals surface area contributed by atoms with Gasteiger partial charge < -0.3 is 4.74 Å². The van der Waals surface area contributed by atoms with Gasteiger partial charge in [0.25, 0.3) is 0 Å². The van der Waals surface area contributed by atoms with Crippen molar-refractivity contribution in [3.8, 4) is 5.75 Å². The summed E-state index contributed by atoms with van der Waals surface area (Å²) in [5.41, 5.74) is 0. The Morgan fingerprint density at radius 3 is 2.75 bits per heavy atom. The highest BCUT2D eigenvalue weighted by Gasteiger charge is 2.00. The highest BCUT2D eigenvalue weighted by Crippen LogP contribution is 2.10. The molecule has 0 saturated carbocycles. The molecule has 12 heavy (non-hydrogen) atoms. The molecule has 3 heteroatoms. The maximum atomic E-state index is 5.47. The molecule has 0 radical (unpaired) electrons. The third kappa shape index (κ3) is 3.22. The van der Waals surface area contributed by atoms with Crippen molar-refractivity contribution >= 4 is 15.9 Å². The number of aromatic nitrogens is 1. The Bertz CT molecular complexity index is 215. The largest absolute Gasteiger partial charge is 0.492 e. The van der Waals surface area contributed by atoms with Crippen molar-refractivity contribution in [3.05, 3.63) is 24.5 Å². The van der Waals surface area contributed by atoms with E-state index in [1.54, 1.807) is 12.4 Å². The van der Waals surface area contributed by atoms with Gasteiger partial charge in [-0.25, -0.2) is 0 Å². The van der Waals surface area contributed by atoms with Crippen molar-refractivity contribution in [2.45, 2.75) is 18.2 Å². The summed E-state index contributed by atoms with van der Waals surface area (Å²) >= 11 is 3.49. The second kappa shape index (κ2) is 5.14. The molecule has 1 rings (SSSR count). The van der Waals surface area contributed by atoms with Gasteiger partial charge >= 0.3 is 0 Å². The van der Waals surface area contributed by atoms with Crippen LogP contribution < -0.4 is 4.74 Å². The zero-order valence-electron chi connectivity index (χ0n) is 7.03. The van der Waals surface area contributed by atoms with Crippen molar-refractivity contribution in [1.29, 1.82) is 0 Å². The molecule has 0 spiro atoms. The summed E-state index contributed by atoms with van der Waals surface area (Å²) < 4.78 is 5.47. The van der Waals surface area contributed by atoms with Gasteiger partial charge in [0.2, 0.25) is 0 Å². The molecule has 0 saturated heterocycles. The first kappa shape index (κ1) is 9.52. The van der Waals surface area contributed by atoms with E-state index in [4.69, 9.17) is 4.74 Å². The standard InChI is InChI=1S/C9H12BrNO/c1-2-8(10)7-12-9-3-5-11-6-4-9/h3-6,8H,2,7H2,1H3. The van der Waals surface area contributed by atoms with E-state index in [2.05, 4.69) is 27.8 Å². The lowest BCUT2D eigenvalue weighted by molar-refractivity contribution is 0.316. The summed E-state index contributed by atoms with van der Waals surface area (Å²) in [6, 6.07) is 3.71. The molecular formula is C9H12BrNO. The Morgan fingerprint density at radius 1 is 1.50 bits per heavy atom. The van der Waals surface area contributed by atoms with Crippen molar-refractivity contribution in [1.82, 2.24) is 4.98 Å². The number of rotatable bonds is 4. The first-order valence-corrected chi connectivity index (χ1v) is 4.91. The minimum atomic E-state index is 0.436. The Balaban J connectivity index is 2.33. The van der Waals surface area contributed by atoms with E-state index in [0.717, 1.165) is 12.2 Å². The molecule has 0 aromatic carbocycles. The van der Waals surface area contributed by atoms with E-state index in [1.807, 2.05) is 12.1 Å². The molecule has 0 amide bonds. The predicted molar refractivity (Wildman–Crippen MR) is 52.7 cm³/mol. The fraction of sp³-hybridized carbons (Fsp3) is 0.444. The van der Waals surface area contributed by atoms with Gasteiger partial charge in [-0.05, 0) is 18.6 Å². The van der Waals surface area contributed by atoms with Crippen molar-refractivity contribution in [2.24, 2.45) is 0 Å². The molecule has 1 heterocycles. The number of ether oxygens (including phenoxy) is 1. The predicted octanol–water partition coefficient (Wildman–Crippen LogP) is 2.63. The first-order valence-electron chi connectivity index (χ1n) is 4.00. The molecule has 0 aliphatic carbocycles. The average Bonchev–Trinajstić information content (AvgIpc) is 2.16. The molecular weight excluding hydrogens is 218 g/mol. The minimum absolute atomic E-state index is 0.436. The Kier molecular flexibility index (Phi) is 4.08. The molecule has 0 fully saturated rings. The zero-order valence-corrected chi connectivity index (χ0v) is 8.62. The van der Waals surface area contributed by atoms with Crippen LogP contribution in [-0.4, -0.2) is 16.4 Å². The van der Waals surface area contributed by atoms with Crippen LogP contribution in [0, 0.1) is 0 Å². The maximum absolute atomic E-state index is 5.47. The number of pyridine rings is 1. The van der Waals surface area contributed by atoms with E-state index in [0.29, 0.717) is 11.4 Å². The number of hydrogen-bond donors (Lipinski definition) is 0. The summed E-state index contributed by atoms with van der Waals surface area (Å²) in [6.45, 7) is 2.83. The van der Waals surface area contributed by atoms with Gasteiger partial charge in [-0.15, -0.1) is 0 Å². The third-order valence-corrected chi connectivity index (χ3v) is 2.44. The lowest BCUT2D eigenvalue weighted by Crippen LogP contribution is -2.09. The number of nitrogens with zero attached hydrogens (tertiary/aromatic N) is 1. The number of halogens is 1. The lowest BCUT2D eigenvalue weighted by atomic mass is 10.3. The smallest absolute Gasteiger partial charge is 0.122 e. The van der Waals surface area contributed by atoms with Gasteiger partial charge in [0.1, 0.15) is 12.4 Å². The van der Waals surface area contributed by atoms with Gasteiger partial charge in [-0.2, -0.15) is 0 Å². The fourth-order valence-corrected chi connectivity index (χ4v) is 0.871. The van der Waals surface area contributed by atoms with Crippen LogP contribution in [0.5, 0.6) is 5.75 Å². The second-order valence-electron chi connectivity index (χ2n) is 2.50. The summed E-state index contributed by atoms with van der Waals surface area (Å²) in [5.74, 6) is 0.878. The summed E-state index contributed by atoms with van der Waals surface area (Å²) in [4.78, 5) is 4.34. The van der Waals surface area contributed by atoms with E-state index in [1.165, 1.54) is 0 Å². The quantitative estimate of drug-likeness (QED) is 0.742. The van der Waals surface area contributed by atoms with Gasteiger partial charge in [0, 0.05) is 17.2 Å². The number of hydrogen-bond acceptors (Lipinski definition) is 2. The zero-order chi connectivity index (χ0) is 8.81. The van der Waals surface area contributed by atoms with Crippen molar-refractivity contribution < 1.29 is 4.74 Å². The van der Waals surface area contributed by atoms with Crippen LogP contribution in [0.4, 0.5) is 0 Å². The average molecular weight is 230 g/mol. The van der Waals surface area contributed by atoms with Crippen LogP contribution in [-0.2, 0) is 0 Å². The van der Waals surface area contributed by atoms with Crippen LogP contribution in [0.1, 0.15) is 13.3 Å². The molecule has 1 aromatic heterocycles.